The molecule has 2 aliphatic rings. The summed E-state index contributed by atoms with van der Waals surface area (Å²) in [7, 11) is -0.0971. The quantitative estimate of drug-likeness (QED) is 0.577. The molecule has 174 valence electrons. The van der Waals surface area contributed by atoms with Crippen molar-refractivity contribution >= 4 is 42.7 Å². The van der Waals surface area contributed by atoms with Crippen LogP contribution in [0.4, 0.5) is 0 Å². The van der Waals surface area contributed by atoms with E-state index in [-0.39, 0.29) is 19.5 Å². The van der Waals surface area contributed by atoms with Crippen LogP contribution >= 0.6 is 23.2 Å². The zero-order valence-electron chi connectivity index (χ0n) is 17.9. The van der Waals surface area contributed by atoms with E-state index in [9.17, 15) is 9.59 Å². The molecule has 4 rings (SSSR count). The third kappa shape index (κ3) is 5.92. The number of halogens is 2. The van der Waals surface area contributed by atoms with Gasteiger partial charge in [0, 0.05) is 26.2 Å². The summed E-state index contributed by atoms with van der Waals surface area (Å²) in [6.45, 7) is 4.26. The van der Waals surface area contributed by atoms with Gasteiger partial charge in [-0.05, 0) is 36.4 Å². The van der Waals surface area contributed by atoms with Gasteiger partial charge in [-0.25, -0.2) is 0 Å². The highest BCUT2D eigenvalue weighted by atomic mass is 35.5. The van der Waals surface area contributed by atoms with Crippen LogP contribution in [0, 0.1) is 0 Å². The van der Waals surface area contributed by atoms with Crippen molar-refractivity contribution in [3.63, 3.8) is 0 Å². The SMILES string of the molecule is O=C(c1ccc(OBOc2ccc(C(=O)N3CCOCC3)c(Cl)c2)cc1Cl)N1CCOCC1. The summed E-state index contributed by atoms with van der Waals surface area (Å²) in [5.74, 6) is 0.660. The molecule has 0 atom stereocenters. The summed E-state index contributed by atoms with van der Waals surface area (Å²) in [5.41, 5.74) is 0.832. The van der Waals surface area contributed by atoms with E-state index in [0.717, 1.165) is 0 Å². The van der Waals surface area contributed by atoms with Gasteiger partial charge in [0.25, 0.3) is 11.8 Å². The highest BCUT2D eigenvalue weighted by molar-refractivity contribution is 6.34. The lowest BCUT2D eigenvalue weighted by molar-refractivity contribution is 0.0301. The largest absolute Gasteiger partial charge is 0.576 e. The second-order valence-electron chi connectivity index (χ2n) is 7.50. The molecule has 2 aromatic rings. The molecule has 33 heavy (non-hydrogen) atoms. The molecule has 0 unspecified atom stereocenters. The third-order valence-corrected chi connectivity index (χ3v) is 6.02. The van der Waals surface area contributed by atoms with Gasteiger partial charge in [-0.1, -0.05) is 23.2 Å². The summed E-state index contributed by atoms with van der Waals surface area (Å²) in [6.07, 6.45) is 0. The minimum atomic E-state index is -0.132. The first kappa shape index (κ1) is 23.7. The average Bonchev–Trinajstić information content (AvgIpc) is 2.84. The van der Waals surface area contributed by atoms with Crippen molar-refractivity contribution < 1.29 is 28.4 Å². The number of carbonyl (C=O) groups excluding carboxylic acids is 2. The van der Waals surface area contributed by atoms with Crippen LogP contribution in [0.5, 0.6) is 11.5 Å². The van der Waals surface area contributed by atoms with Gasteiger partial charge < -0.3 is 28.6 Å². The molecule has 0 spiro atoms. The Morgan fingerprint density at radius 3 is 1.48 bits per heavy atom. The zero-order chi connectivity index (χ0) is 23.2. The number of morpholine rings is 2. The Hall–Kier alpha value is -2.46. The van der Waals surface area contributed by atoms with Crippen LogP contribution in [-0.4, -0.2) is 81.9 Å². The van der Waals surface area contributed by atoms with Gasteiger partial charge in [0.15, 0.2) is 0 Å². The molecule has 8 nitrogen and oxygen atoms in total. The van der Waals surface area contributed by atoms with Crippen molar-refractivity contribution in [3.8, 4) is 11.5 Å². The van der Waals surface area contributed by atoms with Crippen LogP contribution in [0.2, 0.25) is 10.0 Å². The molecule has 2 aliphatic heterocycles. The molecule has 11 heteroatoms. The number of benzene rings is 2. The lowest BCUT2D eigenvalue weighted by atomic mass is 10.1. The second kappa shape index (κ2) is 11.1. The van der Waals surface area contributed by atoms with Crippen molar-refractivity contribution in [2.75, 3.05) is 52.6 Å². The van der Waals surface area contributed by atoms with E-state index in [1.165, 1.54) is 0 Å². The fourth-order valence-electron chi connectivity index (χ4n) is 3.56. The molecule has 2 fully saturated rings. The van der Waals surface area contributed by atoms with Crippen LogP contribution in [0.25, 0.3) is 0 Å². The second-order valence-corrected chi connectivity index (χ2v) is 8.31. The highest BCUT2D eigenvalue weighted by Crippen LogP contribution is 2.26. The molecule has 0 saturated carbocycles. The summed E-state index contributed by atoms with van der Waals surface area (Å²) in [5, 5.41) is 0.607. The van der Waals surface area contributed by atoms with Gasteiger partial charge >= 0.3 is 7.69 Å². The zero-order valence-corrected chi connectivity index (χ0v) is 19.4. The molecule has 2 saturated heterocycles. The topological polar surface area (TPSA) is 77.5 Å². The smallest absolute Gasteiger partial charge is 0.528 e. The van der Waals surface area contributed by atoms with Crippen molar-refractivity contribution in [1.82, 2.24) is 9.80 Å². The molecule has 0 radical (unpaired) electrons. The van der Waals surface area contributed by atoms with Crippen LogP contribution in [-0.2, 0) is 9.47 Å². The lowest BCUT2D eigenvalue weighted by Crippen LogP contribution is -2.40. The Labute approximate surface area is 202 Å². The van der Waals surface area contributed by atoms with Crippen molar-refractivity contribution in [1.29, 1.82) is 0 Å². The lowest BCUT2D eigenvalue weighted by Gasteiger charge is -2.27. The minimum Gasteiger partial charge on any atom is -0.528 e. The van der Waals surface area contributed by atoms with Gasteiger partial charge in [0.05, 0.1) is 47.6 Å². The molecule has 0 bridgehead atoms. The average molecular weight is 493 g/mol. The van der Waals surface area contributed by atoms with E-state index in [1.54, 1.807) is 46.2 Å². The predicted octanol–water partition coefficient (Wildman–Crippen LogP) is 2.66. The van der Waals surface area contributed by atoms with E-state index in [0.29, 0.717) is 85.3 Å². The third-order valence-electron chi connectivity index (χ3n) is 5.39. The number of carbonyl (C=O) groups is 2. The van der Waals surface area contributed by atoms with Gasteiger partial charge in [0.2, 0.25) is 0 Å². The Morgan fingerprint density at radius 1 is 0.727 bits per heavy atom. The number of amides is 2. The summed E-state index contributed by atoms with van der Waals surface area (Å²) in [6, 6.07) is 9.77. The fraction of sp³-hybridized carbons (Fsp3) is 0.364. The van der Waals surface area contributed by atoms with Crippen LogP contribution in [0.3, 0.4) is 0 Å². The van der Waals surface area contributed by atoms with E-state index < -0.39 is 0 Å². The molecule has 2 aromatic carbocycles. The van der Waals surface area contributed by atoms with E-state index in [2.05, 4.69) is 0 Å². The number of hydrogen-bond donors (Lipinski definition) is 0. The van der Waals surface area contributed by atoms with Crippen molar-refractivity contribution in [2.24, 2.45) is 0 Å². The molecule has 0 aliphatic carbocycles. The molecule has 2 amide bonds. The number of rotatable bonds is 6. The van der Waals surface area contributed by atoms with Crippen LogP contribution in [0.15, 0.2) is 36.4 Å². The highest BCUT2D eigenvalue weighted by Gasteiger charge is 2.22. The van der Waals surface area contributed by atoms with Gasteiger partial charge in [-0.2, -0.15) is 0 Å². The Balaban J connectivity index is 1.31. The van der Waals surface area contributed by atoms with E-state index in [1.807, 2.05) is 0 Å². The number of nitrogens with zero attached hydrogens (tertiary/aromatic N) is 2. The molecule has 0 N–H and O–H groups in total. The monoisotopic (exact) mass is 492 g/mol. The maximum atomic E-state index is 12.6. The number of hydrogen-bond acceptors (Lipinski definition) is 6. The van der Waals surface area contributed by atoms with Crippen LogP contribution < -0.4 is 9.31 Å². The maximum absolute atomic E-state index is 12.6. The first-order valence-electron chi connectivity index (χ1n) is 10.6. The van der Waals surface area contributed by atoms with E-state index >= 15 is 0 Å². The first-order valence-corrected chi connectivity index (χ1v) is 11.4. The maximum Gasteiger partial charge on any atom is 0.576 e. The Bertz CT molecular complexity index is 933. The molecular formula is C22H23BCl2N2O6. The summed E-state index contributed by atoms with van der Waals surface area (Å²) < 4.78 is 21.8. The number of ether oxygens (including phenoxy) is 2. The molecule has 2 heterocycles. The summed E-state index contributed by atoms with van der Waals surface area (Å²) in [4.78, 5) is 28.7. The molecule has 0 aromatic heterocycles. The summed E-state index contributed by atoms with van der Waals surface area (Å²) >= 11 is 12.6. The standard InChI is InChI=1S/C22H23BCl2N2O6/c24-19-13-15(1-3-17(19)21(28)26-5-9-30-10-6-26)32-23-33-16-2-4-18(20(25)14-16)22(29)27-7-11-31-12-8-27/h1-4,13-14,23H,5-12H2. The van der Waals surface area contributed by atoms with Gasteiger partial charge in [-0.3, -0.25) is 9.59 Å². The van der Waals surface area contributed by atoms with Gasteiger partial charge in [-0.15, -0.1) is 0 Å². The van der Waals surface area contributed by atoms with Crippen LogP contribution in [0.1, 0.15) is 20.7 Å². The Kier molecular flexibility index (Phi) is 7.98. The normalized spacial score (nSPS) is 16.3. The first-order chi connectivity index (χ1) is 16.0. The fourth-order valence-corrected chi connectivity index (χ4v) is 4.06. The Morgan fingerprint density at radius 2 is 1.12 bits per heavy atom. The van der Waals surface area contributed by atoms with Gasteiger partial charge in [0.1, 0.15) is 11.5 Å². The van der Waals surface area contributed by atoms with Crippen molar-refractivity contribution in [2.45, 2.75) is 0 Å². The predicted molar refractivity (Wildman–Crippen MR) is 125 cm³/mol. The van der Waals surface area contributed by atoms with E-state index in [4.69, 9.17) is 42.0 Å². The molecular weight excluding hydrogens is 470 g/mol. The van der Waals surface area contributed by atoms with Crippen molar-refractivity contribution in [3.05, 3.63) is 57.6 Å². The minimum absolute atomic E-state index is 0.0971.